The number of nitrogens with one attached hydrogen (secondary N) is 3. The highest BCUT2D eigenvalue weighted by Crippen LogP contribution is 2.26. The van der Waals surface area contributed by atoms with Crippen molar-refractivity contribution in [3.05, 3.63) is 76.8 Å². The number of rotatable bonds is 4. The number of anilines is 2. The molecule has 0 atom stereocenters. The molecule has 0 saturated heterocycles. The Morgan fingerprint density at radius 2 is 1.80 bits per heavy atom. The first kappa shape index (κ1) is 19.5. The molecule has 8 heteroatoms. The molecule has 3 aromatic carbocycles. The van der Waals surface area contributed by atoms with Gasteiger partial charge < -0.3 is 15.4 Å². The van der Waals surface area contributed by atoms with E-state index in [1.54, 1.807) is 60.7 Å². The summed E-state index contributed by atoms with van der Waals surface area (Å²) in [4.78, 5) is 31.2. The van der Waals surface area contributed by atoms with Crippen molar-refractivity contribution < 1.29 is 14.7 Å². The number of aryl methyl sites for hydroxylation is 1. The Hall–Kier alpha value is -3.84. The average molecular weight is 421 g/mol. The highest BCUT2D eigenvalue weighted by Gasteiger charge is 2.12. The molecule has 4 aromatic rings. The lowest BCUT2D eigenvalue weighted by atomic mass is 10.1. The summed E-state index contributed by atoms with van der Waals surface area (Å²) in [6.45, 7) is 1.87. The smallest absolute Gasteiger partial charge is 0.409 e. The van der Waals surface area contributed by atoms with Gasteiger partial charge in [0.05, 0.1) is 11.0 Å². The van der Waals surface area contributed by atoms with Crippen LogP contribution >= 0.6 is 11.6 Å². The number of H-pyrrole nitrogens is 1. The number of nitrogens with zero attached hydrogens (tertiary/aromatic N) is 1. The van der Waals surface area contributed by atoms with Crippen molar-refractivity contribution in [1.82, 2.24) is 9.97 Å². The van der Waals surface area contributed by atoms with Crippen LogP contribution in [0.15, 0.2) is 60.7 Å². The molecule has 0 radical (unpaired) electrons. The number of carbonyl (C=O) groups is 2. The Labute approximate surface area is 176 Å². The maximum Gasteiger partial charge on any atom is 0.409 e. The second-order valence-corrected chi connectivity index (χ2v) is 7.18. The van der Waals surface area contributed by atoms with Crippen LogP contribution in [0, 0.1) is 6.92 Å². The fourth-order valence-electron chi connectivity index (χ4n) is 3.18. The second kappa shape index (κ2) is 7.88. The predicted molar refractivity (Wildman–Crippen MR) is 117 cm³/mol. The minimum absolute atomic E-state index is 0.254. The third-order valence-electron chi connectivity index (χ3n) is 4.56. The van der Waals surface area contributed by atoms with Crippen LogP contribution in [-0.2, 0) is 0 Å². The number of imidazole rings is 1. The van der Waals surface area contributed by atoms with E-state index in [4.69, 9.17) is 16.7 Å². The lowest BCUT2D eigenvalue weighted by molar-refractivity contribution is 0.102. The third-order valence-corrected chi connectivity index (χ3v) is 4.79. The Balaban J connectivity index is 1.61. The standard InChI is InChI=1S/C22H17ClN4O3/c1-12-9-16(25-22(29)30)6-7-17(12)20-26-18-8-5-13(10-19(18)27-20)21(28)24-15-4-2-3-14(23)11-15/h2-11,25H,1H3,(H,24,28)(H,26,27)(H,29,30). The molecular formula is C22H17ClN4O3. The monoisotopic (exact) mass is 420 g/mol. The lowest BCUT2D eigenvalue weighted by Crippen LogP contribution is -2.11. The number of hydrogen-bond acceptors (Lipinski definition) is 3. The lowest BCUT2D eigenvalue weighted by Gasteiger charge is -2.06. The molecule has 0 aliphatic rings. The van der Waals surface area contributed by atoms with Crippen LogP contribution in [-0.4, -0.2) is 27.1 Å². The van der Waals surface area contributed by atoms with Gasteiger partial charge in [-0.25, -0.2) is 9.78 Å². The zero-order valence-electron chi connectivity index (χ0n) is 15.9. The van der Waals surface area contributed by atoms with Crippen LogP contribution in [0.25, 0.3) is 22.4 Å². The zero-order chi connectivity index (χ0) is 21.3. The van der Waals surface area contributed by atoms with Crippen molar-refractivity contribution in [1.29, 1.82) is 0 Å². The molecule has 0 aliphatic carbocycles. The summed E-state index contributed by atoms with van der Waals surface area (Å²) in [5.41, 5.74) is 4.72. The van der Waals surface area contributed by atoms with E-state index < -0.39 is 6.09 Å². The molecule has 30 heavy (non-hydrogen) atoms. The van der Waals surface area contributed by atoms with Gasteiger partial charge in [-0.15, -0.1) is 0 Å². The van der Waals surface area contributed by atoms with Crippen molar-refractivity contribution in [2.45, 2.75) is 6.92 Å². The van der Waals surface area contributed by atoms with Crippen LogP contribution < -0.4 is 10.6 Å². The van der Waals surface area contributed by atoms with Crippen LogP contribution in [0.4, 0.5) is 16.2 Å². The van der Waals surface area contributed by atoms with Gasteiger partial charge in [0.25, 0.3) is 5.91 Å². The summed E-state index contributed by atoms with van der Waals surface area (Å²) in [6.07, 6.45) is -1.12. The number of halogens is 1. The summed E-state index contributed by atoms with van der Waals surface area (Å²) < 4.78 is 0. The molecule has 0 unspecified atom stereocenters. The first-order valence-corrected chi connectivity index (χ1v) is 9.44. The molecule has 0 spiro atoms. The fourth-order valence-corrected chi connectivity index (χ4v) is 3.37. The third kappa shape index (κ3) is 4.11. The van der Waals surface area contributed by atoms with Crippen LogP contribution in [0.3, 0.4) is 0 Å². The van der Waals surface area contributed by atoms with Crippen molar-refractivity contribution in [2.75, 3.05) is 10.6 Å². The molecule has 7 nitrogen and oxygen atoms in total. The largest absolute Gasteiger partial charge is 0.465 e. The normalized spacial score (nSPS) is 10.7. The number of aromatic nitrogens is 2. The average Bonchev–Trinajstić information content (AvgIpc) is 3.10. The Morgan fingerprint density at radius 1 is 1.00 bits per heavy atom. The maximum absolute atomic E-state index is 12.6. The molecule has 4 N–H and O–H groups in total. The van der Waals surface area contributed by atoms with Gasteiger partial charge in [-0.1, -0.05) is 17.7 Å². The number of hydrogen-bond donors (Lipinski definition) is 4. The second-order valence-electron chi connectivity index (χ2n) is 6.74. The molecule has 150 valence electrons. The van der Waals surface area contributed by atoms with E-state index >= 15 is 0 Å². The number of amides is 2. The van der Waals surface area contributed by atoms with E-state index in [0.717, 1.165) is 22.2 Å². The van der Waals surface area contributed by atoms with Gasteiger partial charge >= 0.3 is 6.09 Å². The number of aromatic amines is 1. The molecule has 4 rings (SSSR count). The number of carboxylic acid groups (broad SMARTS) is 1. The van der Waals surface area contributed by atoms with E-state index in [9.17, 15) is 9.59 Å². The van der Waals surface area contributed by atoms with Crippen molar-refractivity contribution >= 4 is 46.0 Å². The van der Waals surface area contributed by atoms with Crippen LogP contribution in [0.2, 0.25) is 5.02 Å². The summed E-state index contributed by atoms with van der Waals surface area (Å²) >= 11 is 5.96. The Morgan fingerprint density at radius 3 is 2.53 bits per heavy atom. The molecular weight excluding hydrogens is 404 g/mol. The molecule has 0 bridgehead atoms. The molecule has 0 aliphatic heterocycles. The molecule has 0 fully saturated rings. The first-order valence-electron chi connectivity index (χ1n) is 9.07. The van der Waals surface area contributed by atoms with E-state index in [1.807, 2.05) is 6.92 Å². The van der Waals surface area contributed by atoms with E-state index in [1.165, 1.54) is 0 Å². The Bertz CT molecular complexity index is 1280. The maximum atomic E-state index is 12.6. The SMILES string of the molecule is Cc1cc(NC(=O)O)ccc1-c1nc2ccc(C(=O)Nc3cccc(Cl)c3)cc2[nH]1. The molecule has 1 heterocycles. The summed E-state index contributed by atoms with van der Waals surface area (Å²) in [5.74, 6) is 0.382. The van der Waals surface area contributed by atoms with E-state index in [2.05, 4.69) is 20.6 Å². The summed E-state index contributed by atoms with van der Waals surface area (Å²) in [5, 5.41) is 14.5. The quantitative estimate of drug-likeness (QED) is 0.348. The van der Waals surface area contributed by atoms with E-state index in [0.29, 0.717) is 27.8 Å². The first-order chi connectivity index (χ1) is 14.4. The summed E-state index contributed by atoms with van der Waals surface area (Å²) in [7, 11) is 0. The van der Waals surface area contributed by atoms with Crippen molar-refractivity contribution in [3.63, 3.8) is 0 Å². The summed E-state index contributed by atoms with van der Waals surface area (Å²) in [6, 6.07) is 17.4. The topological polar surface area (TPSA) is 107 Å². The minimum Gasteiger partial charge on any atom is -0.465 e. The van der Waals surface area contributed by atoms with Gasteiger partial charge in [0.1, 0.15) is 5.82 Å². The number of benzene rings is 3. The predicted octanol–water partition coefficient (Wildman–Crippen LogP) is 5.53. The molecule has 0 saturated carbocycles. The highest BCUT2D eigenvalue weighted by molar-refractivity contribution is 6.31. The number of fused-ring (bicyclic) bond motifs is 1. The van der Waals surface area contributed by atoms with Gasteiger partial charge in [-0.2, -0.15) is 0 Å². The van der Waals surface area contributed by atoms with Gasteiger partial charge in [0, 0.05) is 27.5 Å². The van der Waals surface area contributed by atoms with Gasteiger partial charge in [0.15, 0.2) is 0 Å². The van der Waals surface area contributed by atoms with Gasteiger partial charge in [-0.05, 0) is 67.1 Å². The minimum atomic E-state index is -1.12. The number of carbonyl (C=O) groups excluding carboxylic acids is 1. The molecule has 1 aromatic heterocycles. The van der Waals surface area contributed by atoms with Crippen molar-refractivity contribution in [3.8, 4) is 11.4 Å². The van der Waals surface area contributed by atoms with Gasteiger partial charge in [0.2, 0.25) is 0 Å². The highest BCUT2D eigenvalue weighted by atomic mass is 35.5. The zero-order valence-corrected chi connectivity index (χ0v) is 16.6. The van der Waals surface area contributed by atoms with Crippen LogP contribution in [0.1, 0.15) is 15.9 Å². The van der Waals surface area contributed by atoms with Crippen molar-refractivity contribution in [2.24, 2.45) is 0 Å². The molecule has 2 amide bonds. The fraction of sp³-hybridized carbons (Fsp3) is 0.0455. The van der Waals surface area contributed by atoms with Crippen LogP contribution in [0.5, 0.6) is 0 Å². The Kier molecular flexibility index (Phi) is 5.12. The van der Waals surface area contributed by atoms with Gasteiger partial charge in [-0.3, -0.25) is 10.1 Å². The van der Waals surface area contributed by atoms with E-state index in [-0.39, 0.29) is 5.91 Å².